The van der Waals surface area contributed by atoms with E-state index in [-0.39, 0.29) is 44.0 Å². The largest absolute Gasteiger partial charge is 0.397 e. The van der Waals surface area contributed by atoms with Crippen LogP contribution < -0.4 is 5.56 Å². The predicted molar refractivity (Wildman–Crippen MR) is 152 cm³/mol. The molecule has 1 heterocycles. The number of aryl methyl sites for hydroxylation is 1. The van der Waals surface area contributed by atoms with Crippen LogP contribution in [-0.2, 0) is 43.6 Å². The molecule has 0 amide bonds. The lowest BCUT2D eigenvalue weighted by Gasteiger charge is -2.10. The fraction of sp³-hybridized carbons (Fsp3) is 0.286. The van der Waals surface area contributed by atoms with Gasteiger partial charge in [-0.25, -0.2) is 31.0 Å². The number of aromatic amines is 1. The molecule has 44 heavy (non-hydrogen) atoms. The molecule has 3 rings (SSSR count). The molecule has 3 aromatic rings. The van der Waals surface area contributed by atoms with Gasteiger partial charge in [0.25, 0.3) is 5.56 Å². The van der Waals surface area contributed by atoms with E-state index in [1.807, 2.05) is 0 Å². The van der Waals surface area contributed by atoms with Crippen molar-refractivity contribution in [2.45, 2.75) is 21.6 Å². The van der Waals surface area contributed by atoms with Gasteiger partial charge in [0, 0.05) is 7.05 Å². The molecule has 0 fully saturated rings. The van der Waals surface area contributed by atoms with E-state index < -0.39 is 53.7 Å². The van der Waals surface area contributed by atoms with Gasteiger partial charge in [-0.1, -0.05) is 5.04 Å². The van der Waals surface area contributed by atoms with Crippen molar-refractivity contribution in [1.29, 1.82) is 0 Å². The molecule has 0 radical (unpaired) electrons. The molecular weight excluding hydrogens is 673 g/mol. The van der Waals surface area contributed by atoms with Crippen LogP contribution in [0.2, 0.25) is 0 Å². The summed E-state index contributed by atoms with van der Waals surface area (Å²) in [6, 6.07) is 8.61. The number of aromatic nitrogens is 2. The van der Waals surface area contributed by atoms with E-state index in [9.17, 15) is 35.0 Å². The number of rotatable bonds is 16. The maximum Gasteiger partial charge on any atom is 0.397 e. The van der Waals surface area contributed by atoms with Crippen LogP contribution in [0.5, 0.6) is 0 Å². The Hall–Kier alpha value is -3.55. The van der Waals surface area contributed by atoms with Gasteiger partial charge >= 0.3 is 10.4 Å². The smallest absolute Gasteiger partial charge is 0.293 e. The summed E-state index contributed by atoms with van der Waals surface area (Å²) in [5, 5.41) is 26.4. The molecule has 2 aromatic carbocycles. The summed E-state index contributed by atoms with van der Waals surface area (Å²) in [6.07, 6.45) is 0. The summed E-state index contributed by atoms with van der Waals surface area (Å²) in [5.74, 6) is -1.18. The zero-order valence-electron chi connectivity index (χ0n) is 22.6. The molecule has 0 saturated carbocycles. The van der Waals surface area contributed by atoms with Crippen LogP contribution in [0.1, 0.15) is 5.69 Å². The van der Waals surface area contributed by atoms with Crippen LogP contribution in [0.25, 0.3) is 5.69 Å². The Morgan fingerprint density at radius 3 is 2.23 bits per heavy atom. The Labute approximate surface area is 254 Å². The summed E-state index contributed by atoms with van der Waals surface area (Å²) in [5.41, 5.74) is -0.340. The maximum absolute atomic E-state index is 13.1. The van der Waals surface area contributed by atoms with Crippen LogP contribution in [0, 0.1) is 11.8 Å². The standard InChI is InChI=1S/C21H24N6O13S4/c1-14-20(21(28)27(24-14)15-3-5-16(6-4-15)43(33,34)12-10-38-44(35,36)37)23-22-18-8-7-17(13-19(18)41-40-39-30)42(31,32)11-9-26(2)25-29/h3-8,13,24,30H,9-12H2,1-2H3,(H,35,36,37). The van der Waals surface area contributed by atoms with Crippen LogP contribution in [-0.4, -0.2) is 81.6 Å². The monoisotopic (exact) mass is 696 g/mol. The van der Waals surface area contributed by atoms with Crippen molar-refractivity contribution >= 4 is 53.5 Å². The lowest BCUT2D eigenvalue weighted by Crippen LogP contribution is -2.21. The SMILES string of the molecule is Cc1[nH]n(-c2ccc(S(=O)(=O)CCOS(=O)(=O)O)cc2)c(=O)c1N=Nc1ccc(S(=O)(=O)CCN(C)N=O)cc1SOOO. The Morgan fingerprint density at radius 2 is 1.61 bits per heavy atom. The number of nitroso groups, excluding NO2 is 1. The lowest BCUT2D eigenvalue weighted by molar-refractivity contribution is -0.432. The molecule has 23 heteroatoms. The molecule has 0 bridgehead atoms. The number of hydrogen-bond acceptors (Lipinski definition) is 16. The second-order valence-electron chi connectivity index (χ2n) is 8.63. The Balaban J connectivity index is 1.87. The summed E-state index contributed by atoms with van der Waals surface area (Å²) in [7, 11) is -11.4. The van der Waals surface area contributed by atoms with Crippen molar-refractivity contribution in [1.82, 2.24) is 14.8 Å². The number of nitrogens with zero attached hydrogens (tertiary/aromatic N) is 5. The minimum absolute atomic E-state index is 0.0248. The zero-order valence-corrected chi connectivity index (χ0v) is 25.9. The first kappa shape index (κ1) is 34.9. The van der Waals surface area contributed by atoms with E-state index in [2.05, 4.69) is 34.2 Å². The van der Waals surface area contributed by atoms with Crippen molar-refractivity contribution < 1.29 is 48.6 Å². The average Bonchev–Trinajstić information content (AvgIpc) is 3.25. The molecule has 0 aliphatic rings. The number of H-pyrrole nitrogens is 1. The quantitative estimate of drug-likeness (QED) is 0.0484. The van der Waals surface area contributed by atoms with E-state index in [0.717, 1.165) is 15.8 Å². The predicted octanol–water partition coefficient (Wildman–Crippen LogP) is 2.30. The molecule has 0 atom stereocenters. The summed E-state index contributed by atoms with van der Waals surface area (Å²) >= 11 is 0.401. The van der Waals surface area contributed by atoms with Crippen LogP contribution in [0.4, 0.5) is 11.4 Å². The Morgan fingerprint density at radius 1 is 0.977 bits per heavy atom. The van der Waals surface area contributed by atoms with E-state index >= 15 is 0 Å². The van der Waals surface area contributed by atoms with E-state index in [4.69, 9.17) is 9.81 Å². The maximum atomic E-state index is 13.1. The number of hydrogen-bond donors (Lipinski definition) is 3. The highest BCUT2D eigenvalue weighted by atomic mass is 32.3. The minimum atomic E-state index is -4.80. The third-order valence-corrected chi connectivity index (χ3v) is 10.1. The molecule has 0 spiro atoms. The molecule has 0 aliphatic heterocycles. The molecular formula is C21H24N6O13S4. The van der Waals surface area contributed by atoms with Gasteiger partial charge in [-0.2, -0.15) is 8.42 Å². The summed E-state index contributed by atoms with van der Waals surface area (Å²) < 4.78 is 89.6. The highest BCUT2D eigenvalue weighted by Gasteiger charge is 2.20. The molecule has 0 unspecified atom stereocenters. The third kappa shape index (κ3) is 9.23. The highest BCUT2D eigenvalue weighted by molar-refractivity contribution is 7.95. The van der Waals surface area contributed by atoms with Crippen molar-refractivity contribution in [2.75, 3.05) is 31.7 Å². The number of sulfone groups is 2. The number of azo groups is 1. The second kappa shape index (κ2) is 14.5. The van der Waals surface area contributed by atoms with Gasteiger partial charge in [0.2, 0.25) is 0 Å². The first-order chi connectivity index (χ1) is 20.6. The van der Waals surface area contributed by atoms with E-state index in [1.54, 1.807) is 0 Å². The number of nitrogens with one attached hydrogen (secondary N) is 1. The van der Waals surface area contributed by atoms with Gasteiger partial charge in [-0.3, -0.25) is 19.5 Å². The molecule has 3 N–H and O–H groups in total. The van der Waals surface area contributed by atoms with Crippen molar-refractivity contribution in [3.8, 4) is 5.69 Å². The van der Waals surface area contributed by atoms with Gasteiger partial charge in [0.05, 0.1) is 68.1 Å². The molecule has 0 aliphatic carbocycles. The van der Waals surface area contributed by atoms with E-state index in [1.165, 1.54) is 50.4 Å². The first-order valence-electron chi connectivity index (χ1n) is 11.8. The van der Waals surface area contributed by atoms with Crippen LogP contribution >= 0.6 is 12.0 Å². The van der Waals surface area contributed by atoms with Crippen LogP contribution in [0.3, 0.4) is 0 Å². The first-order valence-corrected chi connectivity index (χ1v) is 17.2. The summed E-state index contributed by atoms with van der Waals surface area (Å²) in [4.78, 5) is 23.3. The van der Waals surface area contributed by atoms with Crippen molar-refractivity contribution in [2.24, 2.45) is 15.5 Å². The number of benzene rings is 2. The molecule has 0 saturated heterocycles. The lowest BCUT2D eigenvalue weighted by atomic mass is 10.3. The highest BCUT2D eigenvalue weighted by Crippen LogP contribution is 2.34. The van der Waals surface area contributed by atoms with E-state index in [0.29, 0.717) is 12.0 Å². The van der Waals surface area contributed by atoms with Crippen molar-refractivity contribution in [3.63, 3.8) is 0 Å². The molecule has 19 nitrogen and oxygen atoms in total. The van der Waals surface area contributed by atoms with Gasteiger partial charge < -0.3 is 0 Å². The molecule has 240 valence electrons. The van der Waals surface area contributed by atoms with Gasteiger partial charge in [-0.15, -0.1) is 19.5 Å². The van der Waals surface area contributed by atoms with Crippen molar-refractivity contribution in [3.05, 3.63) is 63.4 Å². The van der Waals surface area contributed by atoms with Gasteiger partial charge in [0.15, 0.2) is 25.4 Å². The third-order valence-electron chi connectivity index (χ3n) is 5.60. The Bertz CT molecular complexity index is 1910. The fourth-order valence-corrected chi connectivity index (χ4v) is 6.76. The van der Waals surface area contributed by atoms with Gasteiger partial charge in [0.1, 0.15) is 5.69 Å². The Kier molecular flexibility index (Phi) is 11.5. The summed E-state index contributed by atoms with van der Waals surface area (Å²) in [6.45, 7) is 0.538. The second-order valence-corrected chi connectivity index (χ2v) is 14.7. The zero-order chi connectivity index (χ0) is 32.7. The average molecular weight is 697 g/mol. The minimum Gasteiger partial charge on any atom is -0.293 e. The molecule has 1 aromatic heterocycles. The normalized spacial score (nSPS) is 12.5. The fourth-order valence-electron chi connectivity index (χ4n) is 3.41. The van der Waals surface area contributed by atoms with Gasteiger partial charge in [-0.05, 0) is 49.4 Å². The van der Waals surface area contributed by atoms with Crippen LogP contribution in [0.15, 0.2) is 77.5 Å². The topological polar surface area (TPSA) is 266 Å².